The SMILES string of the molecule is Cc1nc(Cl)c(C)c(NC(C)Cc2ccc(C)s2)n1. The highest BCUT2D eigenvalue weighted by Crippen LogP contribution is 2.22. The largest absolute Gasteiger partial charge is 0.367 e. The van der Waals surface area contributed by atoms with E-state index in [1.54, 1.807) is 0 Å². The highest BCUT2D eigenvalue weighted by Gasteiger charge is 2.11. The van der Waals surface area contributed by atoms with Crippen molar-refractivity contribution in [2.24, 2.45) is 0 Å². The number of hydrogen-bond acceptors (Lipinski definition) is 4. The van der Waals surface area contributed by atoms with Gasteiger partial charge in [0.25, 0.3) is 0 Å². The number of anilines is 1. The Balaban J connectivity index is 2.08. The number of halogens is 1. The minimum Gasteiger partial charge on any atom is -0.367 e. The molecule has 0 radical (unpaired) electrons. The molecule has 0 aliphatic rings. The molecule has 0 saturated heterocycles. The number of hydrogen-bond donors (Lipinski definition) is 1. The Kier molecular flexibility index (Phi) is 4.42. The first-order valence-corrected chi connectivity index (χ1v) is 7.47. The van der Waals surface area contributed by atoms with E-state index in [2.05, 4.69) is 41.3 Å². The summed E-state index contributed by atoms with van der Waals surface area (Å²) < 4.78 is 0. The van der Waals surface area contributed by atoms with Gasteiger partial charge in [-0.2, -0.15) is 0 Å². The molecular weight excluding hydrogens is 278 g/mol. The monoisotopic (exact) mass is 295 g/mol. The lowest BCUT2D eigenvalue weighted by Gasteiger charge is -2.16. The summed E-state index contributed by atoms with van der Waals surface area (Å²) in [6, 6.07) is 4.65. The summed E-state index contributed by atoms with van der Waals surface area (Å²) in [4.78, 5) is 11.3. The molecule has 0 bridgehead atoms. The molecule has 0 saturated carbocycles. The Morgan fingerprint density at radius 2 is 2.00 bits per heavy atom. The van der Waals surface area contributed by atoms with E-state index in [4.69, 9.17) is 11.6 Å². The molecule has 0 fully saturated rings. The van der Waals surface area contributed by atoms with Crippen molar-refractivity contribution in [2.45, 2.75) is 40.2 Å². The molecule has 3 nitrogen and oxygen atoms in total. The van der Waals surface area contributed by atoms with Crippen LogP contribution in [0.5, 0.6) is 0 Å². The zero-order chi connectivity index (χ0) is 14.0. The molecule has 0 aliphatic carbocycles. The zero-order valence-electron chi connectivity index (χ0n) is 11.6. The molecule has 0 aliphatic heterocycles. The molecule has 2 aromatic rings. The minimum atomic E-state index is 0.308. The molecule has 5 heteroatoms. The summed E-state index contributed by atoms with van der Waals surface area (Å²) in [5.41, 5.74) is 0.904. The van der Waals surface area contributed by atoms with Crippen LogP contribution in [-0.4, -0.2) is 16.0 Å². The Morgan fingerprint density at radius 1 is 1.26 bits per heavy atom. The predicted octanol–water partition coefficient (Wildman–Crippen LogP) is 4.16. The summed E-state index contributed by atoms with van der Waals surface area (Å²) in [6.07, 6.45) is 0.985. The molecule has 19 heavy (non-hydrogen) atoms. The Hall–Kier alpha value is -1.13. The van der Waals surface area contributed by atoms with E-state index in [1.165, 1.54) is 9.75 Å². The van der Waals surface area contributed by atoms with Crippen molar-refractivity contribution >= 4 is 28.8 Å². The number of aryl methyl sites for hydroxylation is 2. The third kappa shape index (κ3) is 3.67. The van der Waals surface area contributed by atoms with E-state index in [0.717, 1.165) is 17.8 Å². The van der Waals surface area contributed by atoms with Gasteiger partial charge in [0.05, 0.1) is 0 Å². The smallest absolute Gasteiger partial charge is 0.137 e. The molecule has 2 heterocycles. The maximum atomic E-state index is 6.08. The lowest BCUT2D eigenvalue weighted by molar-refractivity contribution is 0.789. The molecule has 2 rings (SSSR count). The predicted molar refractivity (Wildman–Crippen MR) is 82.4 cm³/mol. The van der Waals surface area contributed by atoms with Crippen LogP contribution in [-0.2, 0) is 6.42 Å². The van der Waals surface area contributed by atoms with Crippen LogP contribution >= 0.6 is 22.9 Å². The van der Waals surface area contributed by atoms with E-state index in [-0.39, 0.29) is 0 Å². The van der Waals surface area contributed by atoms with E-state index in [1.807, 2.05) is 25.2 Å². The van der Waals surface area contributed by atoms with E-state index in [9.17, 15) is 0 Å². The van der Waals surface area contributed by atoms with Crippen LogP contribution in [0.1, 0.15) is 28.1 Å². The van der Waals surface area contributed by atoms with Crippen molar-refractivity contribution in [3.63, 3.8) is 0 Å². The van der Waals surface area contributed by atoms with Crippen LogP contribution in [0.4, 0.5) is 5.82 Å². The highest BCUT2D eigenvalue weighted by molar-refractivity contribution is 7.11. The summed E-state index contributed by atoms with van der Waals surface area (Å²) >= 11 is 7.92. The highest BCUT2D eigenvalue weighted by atomic mass is 35.5. The third-order valence-electron chi connectivity index (χ3n) is 2.88. The third-order valence-corrected chi connectivity index (χ3v) is 4.28. The first-order valence-electron chi connectivity index (χ1n) is 6.28. The van der Waals surface area contributed by atoms with Crippen LogP contribution in [0.3, 0.4) is 0 Å². The lowest BCUT2D eigenvalue weighted by atomic mass is 10.2. The summed E-state index contributed by atoms with van der Waals surface area (Å²) in [7, 11) is 0. The Morgan fingerprint density at radius 3 is 2.63 bits per heavy atom. The van der Waals surface area contributed by atoms with Crippen molar-refractivity contribution in [1.82, 2.24) is 9.97 Å². The van der Waals surface area contributed by atoms with Crippen LogP contribution in [0.15, 0.2) is 12.1 Å². The van der Waals surface area contributed by atoms with Gasteiger partial charge in [-0.05, 0) is 39.8 Å². The Bertz CT molecular complexity index is 580. The van der Waals surface area contributed by atoms with Crippen LogP contribution in [0.25, 0.3) is 0 Å². The average molecular weight is 296 g/mol. The Labute approximate surface area is 123 Å². The van der Waals surface area contributed by atoms with E-state index in [0.29, 0.717) is 17.0 Å². The number of thiophene rings is 1. The van der Waals surface area contributed by atoms with Crippen LogP contribution in [0.2, 0.25) is 5.15 Å². The van der Waals surface area contributed by atoms with E-state index < -0.39 is 0 Å². The molecule has 0 spiro atoms. The van der Waals surface area contributed by atoms with Crippen molar-refractivity contribution in [1.29, 1.82) is 0 Å². The standard InChI is InChI=1S/C14H18ClN3S/c1-8(7-12-6-5-9(2)19-12)16-14-10(3)13(15)17-11(4)18-14/h5-6,8H,7H2,1-4H3,(H,16,17,18). The molecule has 1 N–H and O–H groups in total. The number of rotatable bonds is 4. The van der Waals surface area contributed by atoms with Crippen molar-refractivity contribution < 1.29 is 0 Å². The fraction of sp³-hybridized carbons (Fsp3) is 0.429. The van der Waals surface area contributed by atoms with Gasteiger partial charge in [0.1, 0.15) is 16.8 Å². The first-order chi connectivity index (χ1) is 8.95. The lowest BCUT2D eigenvalue weighted by Crippen LogP contribution is -2.19. The molecule has 102 valence electrons. The van der Waals surface area contributed by atoms with Gasteiger partial charge in [0.2, 0.25) is 0 Å². The van der Waals surface area contributed by atoms with Gasteiger partial charge in [-0.15, -0.1) is 11.3 Å². The van der Waals surface area contributed by atoms with Gasteiger partial charge in [-0.25, -0.2) is 9.97 Å². The number of aromatic nitrogens is 2. The summed E-state index contributed by atoms with van der Waals surface area (Å²) in [6.45, 7) is 8.07. The first kappa shape index (κ1) is 14.3. The summed E-state index contributed by atoms with van der Waals surface area (Å²) in [5, 5.41) is 3.94. The van der Waals surface area contributed by atoms with Gasteiger partial charge >= 0.3 is 0 Å². The van der Waals surface area contributed by atoms with Gasteiger partial charge in [0, 0.05) is 27.8 Å². The quantitative estimate of drug-likeness (QED) is 0.861. The molecule has 1 unspecified atom stereocenters. The van der Waals surface area contributed by atoms with Crippen LogP contribution < -0.4 is 5.32 Å². The maximum Gasteiger partial charge on any atom is 0.137 e. The fourth-order valence-electron chi connectivity index (χ4n) is 1.92. The van der Waals surface area contributed by atoms with Crippen LogP contribution in [0, 0.1) is 20.8 Å². The minimum absolute atomic E-state index is 0.308. The zero-order valence-corrected chi connectivity index (χ0v) is 13.2. The van der Waals surface area contributed by atoms with Gasteiger partial charge in [0.15, 0.2) is 0 Å². The van der Waals surface area contributed by atoms with Gasteiger partial charge in [-0.1, -0.05) is 11.6 Å². The molecular formula is C14H18ClN3S. The number of nitrogens with one attached hydrogen (secondary N) is 1. The second kappa shape index (κ2) is 5.88. The molecule has 2 aromatic heterocycles. The molecule has 0 amide bonds. The maximum absolute atomic E-state index is 6.08. The fourth-order valence-corrected chi connectivity index (χ4v) is 3.15. The normalized spacial score (nSPS) is 12.5. The van der Waals surface area contributed by atoms with Gasteiger partial charge in [-0.3, -0.25) is 0 Å². The molecule has 0 aromatic carbocycles. The van der Waals surface area contributed by atoms with E-state index >= 15 is 0 Å². The number of nitrogens with zero attached hydrogens (tertiary/aromatic N) is 2. The second-order valence-electron chi connectivity index (χ2n) is 4.80. The summed E-state index contributed by atoms with van der Waals surface area (Å²) in [5.74, 6) is 1.52. The van der Waals surface area contributed by atoms with Crippen molar-refractivity contribution in [3.05, 3.63) is 38.4 Å². The van der Waals surface area contributed by atoms with Gasteiger partial charge < -0.3 is 5.32 Å². The topological polar surface area (TPSA) is 37.8 Å². The second-order valence-corrected chi connectivity index (χ2v) is 6.53. The average Bonchev–Trinajstić information content (AvgIpc) is 2.70. The van der Waals surface area contributed by atoms with Crippen molar-refractivity contribution in [3.8, 4) is 0 Å². The molecule has 1 atom stereocenters. The van der Waals surface area contributed by atoms with Crippen molar-refractivity contribution in [2.75, 3.05) is 5.32 Å².